The summed E-state index contributed by atoms with van der Waals surface area (Å²) in [5.41, 5.74) is -1.35. The Balaban J connectivity index is 2.47. The molecule has 2 unspecified atom stereocenters. The predicted molar refractivity (Wildman–Crippen MR) is 49.6 cm³/mol. The van der Waals surface area contributed by atoms with Gasteiger partial charge in [-0.1, -0.05) is 13.8 Å². The Morgan fingerprint density at radius 2 is 2.21 bits per heavy atom. The molecule has 0 spiro atoms. The van der Waals surface area contributed by atoms with Crippen molar-refractivity contribution in [2.45, 2.75) is 38.6 Å². The van der Waals surface area contributed by atoms with Crippen molar-refractivity contribution >= 4 is 11.9 Å². The third-order valence-corrected chi connectivity index (χ3v) is 4.14. The number of carboxylic acids is 1. The molecule has 78 valence electrons. The fourth-order valence-corrected chi connectivity index (χ4v) is 2.95. The number of carbonyl (C=O) groups is 2. The number of hydrogen-bond donors (Lipinski definition) is 2. The lowest BCUT2D eigenvalue weighted by Gasteiger charge is -2.45. The van der Waals surface area contributed by atoms with E-state index in [1.807, 2.05) is 13.8 Å². The van der Waals surface area contributed by atoms with Crippen molar-refractivity contribution in [2.24, 2.45) is 11.3 Å². The van der Waals surface area contributed by atoms with Crippen molar-refractivity contribution in [1.82, 2.24) is 5.32 Å². The molecule has 2 bridgehead atoms. The number of carboxylic acid groups (broad SMARTS) is 1. The summed E-state index contributed by atoms with van der Waals surface area (Å²) >= 11 is 0. The molecule has 1 aliphatic carbocycles. The number of fused-ring (bicyclic) bond motifs is 2. The van der Waals surface area contributed by atoms with Crippen LogP contribution in [0.2, 0.25) is 0 Å². The maximum absolute atomic E-state index is 11.3. The van der Waals surface area contributed by atoms with Gasteiger partial charge in [0.05, 0.1) is 0 Å². The zero-order chi connectivity index (χ0) is 10.6. The van der Waals surface area contributed by atoms with Crippen molar-refractivity contribution in [3.63, 3.8) is 0 Å². The van der Waals surface area contributed by atoms with E-state index in [0.717, 1.165) is 6.42 Å². The van der Waals surface area contributed by atoms with E-state index in [1.54, 1.807) is 0 Å². The summed E-state index contributed by atoms with van der Waals surface area (Å²) in [5, 5.41) is 11.9. The van der Waals surface area contributed by atoms with Crippen LogP contribution in [0.4, 0.5) is 0 Å². The number of carbonyl (C=O) groups excluding carboxylic acids is 1. The first-order chi connectivity index (χ1) is 6.40. The molecule has 1 saturated heterocycles. The van der Waals surface area contributed by atoms with E-state index in [9.17, 15) is 14.7 Å². The highest BCUT2D eigenvalue weighted by atomic mass is 16.4. The Morgan fingerprint density at radius 3 is 2.79 bits per heavy atom. The summed E-state index contributed by atoms with van der Waals surface area (Å²) in [6, 6.07) is 0. The van der Waals surface area contributed by atoms with Crippen LogP contribution in [-0.4, -0.2) is 22.5 Å². The van der Waals surface area contributed by atoms with E-state index in [4.69, 9.17) is 0 Å². The highest BCUT2D eigenvalue weighted by Crippen LogP contribution is 2.54. The van der Waals surface area contributed by atoms with E-state index in [1.165, 1.54) is 0 Å². The van der Waals surface area contributed by atoms with Gasteiger partial charge in [-0.05, 0) is 18.8 Å². The lowest BCUT2D eigenvalue weighted by molar-refractivity contribution is -0.156. The lowest BCUT2D eigenvalue weighted by atomic mass is 9.67. The Kier molecular flexibility index (Phi) is 1.69. The van der Waals surface area contributed by atoms with Crippen LogP contribution in [0, 0.1) is 11.3 Å². The molecule has 1 aliphatic heterocycles. The Bertz CT molecular complexity index is 310. The fraction of sp³-hybridized carbons (Fsp3) is 0.800. The molecule has 4 heteroatoms. The van der Waals surface area contributed by atoms with Gasteiger partial charge in [0.15, 0.2) is 0 Å². The molecule has 0 aromatic heterocycles. The highest BCUT2D eigenvalue weighted by Gasteiger charge is 2.63. The van der Waals surface area contributed by atoms with Gasteiger partial charge in [-0.25, -0.2) is 4.79 Å². The van der Waals surface area contributed by atoms with Gasteiger partial charge in [-0.3, -0.25) is 4.79 Å². The molecular weight excluding hydrogens is 182 g/mol. The smallest absolute Gasteiger partial charge is 0.329 e. The molecule has 4 nitrogen and oxygen atoms in total. The van der Waals surface area contributed by atoms with E-state index in [0.29, 0.717) is 12.8 Å². The molecule has 0 aromatic rings. The zero-order valence-electron chi connectivity index (χ0n) is 8.46. The van der Waals surface area contributed by atoms with Crippen molar-refractivity contribution in [2.75, 3.05) is 0 Å². The average Bonchev–Trinajstić information content (AvgIpc) is 2.27. The Hall–Kier alpha value is -1.06. The molecule has 14 heavy (non-hydrogen) atoms. The molecule has 0 radical (unpaired) electrons. The minimum Gasteiger partial charge on any atom is -0.479 e. The molecule has 2 aliphatic rings. The SMILES string of the molecule is CC1(C)C2CCC1(C(=O)O)NC(=O)C2. The minimum atomic E-state index is -1.02. The van der Waals surface area contributed by atoms with Crippen molar-refractivity contribution in [1.29, 1.82) is 0 Å². The van der Waals surface area contributed by atoms with Gasteiger partial charge in [0.2, 0.25) is 5.91 Å². The van der Waals surface area contributed by atoms with E-state index >= 15 is 0 Å². The minimum absolute atomic E-state index is 0.116. The maximum Gasteiger partial charge on any atom is 0.329 e. The first-order valence-corrected chi connectivity index (χ1v) is 4.94. The molecule has 1 saturated carbocycles. The Labute approximate surface area is 82.7 Å². The maximum atomic E-state index is 11.3. The van der Waals surface area contributed by atoms with Gasteiger partial charge in [-0.2, -0.15) is 0 Å². The quantitative estimate of drug-likeness (QED) is 0.652. The second-order valence-electron chi connectivity index (χ2n) is 4.92. The van der Waals surface area contributed by atoms with E-state index in [-0.39, 0.29) is 17.2 Å². The largest absolute Gasteiger partial charge is 0.479 e. The monoisotopic (exact) mass is 197 g/mol. The first-order valence-electron chi connectivity index (χ1n) is 4.94. The normalized spacial score (nSPS) is 39.3. The molecule has 1 heterocycles. The number of amides is 1. The summed E-state index contributed by atoms with van der Waals surface area (Å²) in [7, 11) is 0. The summed E-state index contributed by atoms with van der Waals surface area (Å²) in [6.45, 7) is 3.89. The van der Waals surface area contributed by atoms with Crippen molar-refractivity contribution in [3.8, 4) is 0 Å². The topological polar surface area (TPSA) is 66.4 Å². The summed E-state index contributed by atoms with van der Waals surface area (Å²) in [4.78, 5) is 22.6. The van der Waals surface area contributed by atoms with Crippen LogP contribution < -0.4 is 5.32 Å². The molecule has 2 atom stereocenters. The van der Waals surface area contributed by atoms with Crippen LogP contribution >= 0.6 is 0 Å². The Morgan fingerprint density at radius 1 is 1.57 bits per heavy atom. The van der Waals surface area contributed by atoms with Crippen molar-refractivity contribution < 1.29 is 14.7 Å². The van der Waals surface area contributed by atoms with Crippen LogP contribution in [0.1, 0.15) is 33.1 Å². The van der Waals surface area contributed by atoms with Crippen LogP contribution in [0.3, 0.4) is 0 Å². The van der Waals surface area contributed by atoms with Crippen LogP contribution in [-0.2, 0) is 9.59 Å². The summed E-state index contributed by atoms with van der Waals surface area (Å²) in [5.74, 6) is -0.792. The van der Waals surface area contributed by atoms with E-state index < -0.39 is 11.5 Å². The summed E-state index contributed by atoms with van der Waals surface area (Å²) < 4.78 is 0. The van der Waals surface area contributed by atoms with Crippen LogP contribution in [0.15, 0.2) is 0 Å². The van der Waals surface area contributed by atoms with Gasteiger partial charge < -0.3 is 10.4 Å². The van der Waals surface area contributed by atoms with Gasteiger partial charge >= 0.3 is 5.97 Å². The summed E-state index contributed by atoms with van der Waals surface area (Å²) in [6.07, 6.45) is 1.87. The van der Waals surface area contributed by atoms with Crippen molar-refractivity contribution in [3.05, 3.63) is 0 Å². The zero-order valence-corrected chi connectivity index (χ0v) is 8.46. The third kappa shape index (κ3) is 0.885. The predicted octanol–water partition coefficient (Wildman–Crippen LogP) is 0.766. The molecular formula is C10H15NO3. The molecule has 2 rings (SSSR count). The average molecular weight is 197 g/mol. The van der Waals surface area contributed by atoms with Gasteiger partial charge in [0.25, 0.3) is 0 Å². The molecule has 0 aromatic carbocycles. The van der Waals surface area contributed by atoms with Crippen LogP contribution in [0.25, 0.3) is 0 Å². The molecule has 2 fully saturated rings. The van der Waals surface area contributed by atoms with Crippen LogP contribution in [0.5, 0.6) is 0 Å². The number of hydrogen-bond acceptors (Lipinski definition) is 2. The number of rotatable bonds is 1. The number of aliphatic carboxylic acids is 1. The number of nitrogens with one attached hydrogen (secondary N) is 1. The lowest BCUT2D eigenvalue weighted by Crippen LogP contribution is -2.64. The molecule has 2 N–H and O–H groups in total. The molecule has 1 amide bonds. The number of piperidine rings is 1. The van der Waals surface area contributed by atoms with Gasteiger partial charge in [0.1, 0.15) is 5.54 Å². The third-order valence-electron chi connectivity index (χ3n) is 4.14. The van der Waals surface area contributed by atoms with E-state index in [2.05, 4.69) is 5.32 Å². The fourth-order valence-electron chi connectivity index (χ4n) is 2.95. The highest BCUT2D eigenvalue weighted by molar-refractivity contribution is 5.90. The van der Waals surface area contributed by atoms with Gasteiger partial charge in [-0.15, -0.1) is 0 Å². The first kappa shape index (κ1) is 9.49. The second kappa shape index (κ2) is 2.49. The van der Waals surface area contributed by atoms with Gasteiger partial charge in [0, 0.05) is 11.8 Å². The standard InChI is InChI=1S/C10H15NO3/c1-9(2)6-3-4-10(9,8(13)14)11-7(12)5-6/h6H,3-5H2,1-2H3,(H,11,12)(H,13,14). The second-order valence-corrected chi connectivity index (χ2v) is 4.92.